The van der Waals surface area contributed by atoms with Crippen molar-refractivity contribution in [1.82, 2.24) is 5.32 Å². The molecule has 0 spiro atoms. The van der Waals surface area contributed by atoms with E-state index >= 15 is 0 Å². The lowest BCUT2D eigenvalue weighted by atomic mass is 9.83. The van der Waals surface area contributed by atoms with Crippen LogP contribution in [-0.2, 0) is 4.79 Å². The summed E-state index contributed by atoms with van der Waals surface area (Å²) in [5.41, 5.74) is 8.07. The van der Waals surface area contributed by atoms with Gasteiger partial charge in [-0.2, -0.15) is 0 Å². The molecule has 3 N–H and O–H groups in total. The van der Waals surface area contributed by atoms with Crippen LogP contribution in [-0.4, -0.2) is 11.9 Å². The lowest BCUT2D eigenvalue weighted by molar-refractivity contribution is -0.131. The number of carbonyl (C=O) groups is 1. The molecular formula is C16H24N2O. The average Bonchev–Trinajstić information content (AvgIpc) is 2.71. The molecule has 1 aliphatic carbocycles. The Hall–Kier alpha value is -1.35. The van der Waals surface area contributed by atoms with E-state index in [1.807, 2.05) is 26.0 Å². The van der Waals surface area contributed by atoms with Gasteiger partial charge >= 0.3 is 0 Å². The van der Waals surface area contributed by atoms with Crippen molar-refractivity contribution in [3.05, 3.63) is 35.4 Å². The standard InChI is InChI=1S/C16H24N2O/c1-11-7-4-5-8-13(11)12(2)18-15(19)16(3)10-6-9-14(16)17/h4-5,7-8,12,14H,6,9-10,17H2,1-3H3,(H,18,19)/t12-,14?,16?/m1/s1. The summed E-state index contributed by atoms with van der Waals surface area (Å²) in [7, 11) is 0. The topological polar surface area (TPSA) is 55.1 Å². The van der Waals surface area contributed by atoms with Crippen LogP contribution in [0.4, 0.5) is 0 Å². The first-order valence-corrected chi connectivity index (χ1v) is 7.07. The molecule has 1 aromatic carbocycles. The zero-order valence-corrected chi connectivity index (χ0v) is 12.1. The zero-order valence-electron chi connectivity index (χ0n) is 12.1. The summed E-state index contributed by atoms with van der Waals surface area (Å²) in [5, 5.41) is 3.13. The van der Waals surface area contributed by atoms with Crippen molar-refractivity contribution in [2.24, 2.45) is 11.1 Å². The van der Waals surface area contributed by atoms with Crippen LogP contribution in [0.2, 0.25) is 0 Å². The predicted octanol–water partition coefficient (Wildman–Crippen LogP) is 2.69. The maximum atomic E-state index is 12.5. The van der Waals surface area contributed by atoms with Gasteiger partial charge in [0.15, 0.2) is 0 Å². The number of benzene rings is 1. The van der Waals surface area contributed by atoms with Crippen LogP contribution >= 0.6 is 0 Å². The molecule has 1 saturated carbocycles. The predicted molar refractivity (Wildman–Crippen MR) is 77.7 cm³/mol. The number of hydrogen-bond donors (Lipinski definition) is 2. The maximum Gasteiger partial charge on any atom is 0.227 e. The minimum Gasteiger partial charge on any atom is -0.349 e. The molecule has 0 radical (unpaired) electrons. The van der Waals surface area contributed by atoms with E-state index in [-0.39, 0.29) is 18.0 Å². The van der Waals surface area contributed by atoms with Crippen molar-refractivity contribution in [3.63, 3.8) is 0 Å². The smallest absolute Gasteiger partial charge is 0.227 e. The number of carbonyl (C=O) groups excluding carboxylic acids is 1. The van der Waals surface area contributed by atoms with E-state index in [1.54, 1.807) is 0 Å². The highest BCUT2D eigenvalue weighted by Crippen LogP contribution is 2.37. The Morgan fingerprint density at radius 1 is 1.47 bits per heavy atom. The molecule has 3 atom stereocenters. The Morgan fingerprint density at radius 3 is 2.74 bits per heavy atom. The van der Waals surface area contributed by atoms with Gasteiger partial charge in [0.05, 0.1) is 11.5 Å². The van der Waals surface area contributed by atoms with Crippen molar-refractivity contribution in [1.29, 1.82) is 0 Å². The van der Waals surface area contributed by atoms with E-state index in [4.69, 9.17) is 5.73 Å². The first-order chi connectivity index (χ1) is 8.95. The van der Waals surface area contributed by atoms with Crippen LogP contribution < -0.4 is 11.1 Å². The Bertz CT molecular complexity index is 472. The van der Waals surface area contributed by atoms with Gasteiger partial charge in [-0.1, -0.05) is 30.7 Å². The molecule has 0 heterocycles. The van der Waals surface area contributed by atoms with Gasteiger partial charge in [0, 0.05) is 6.04 Å². The van der Waals surface area contributed by atoms with E-state index in [2.05, 4.69) is 24.4 Å². The second-order valence-corrected chi connectivity index (χ2v) is 5.97. The Kier molecular flexibility index (Phi) is 3.95. The van der Waals surface area contributed by atoms with Crippen LogP contribution in [0.25, 0.3) is 0 Å². The van der Waals surface area contributed by atoms with Crippen molar-refractivity contribution in [3.8, 4) is 0 Å². The summed E-state index contributed by atoms with van der Waals surface area (Å²) in [4.78, 5) is 12.5. The largest absolute Gasteiger partial charge is 0.349 e. The molecule has 0 aliphatic heterocycles. The molecule has 1 aliphatic rings. The van der Waals surface area contributed by atoms with Crippen molar-refractivity contribution in [2.75, 3.05) is 0 Å². The van der Waals surface area contributed by atoms with Gasteiger partial charge in [0.1, 0.15) is 0 Å². The van der Waals surface area contributed by atoms with Gasteiger partial charge in [0.2, 0.25) is 5.91 Å². The third-order valence-corrected chi connectivity index (χ3v) is 4.55. The molecule has 3 heteroatoms. The number of rotatable bonds is 3. The Balaban J connectivity index is 2.09. The number of amides is 1. The quantitative estimate of drug-likeness (QED) is 0.878. The lowest BCUT2D eigenvalue weighted by Crippen LogP contribution is -2.48. The van der Waals surface area contributed by atoms with Crippen molar-refractivity contribution < 1.29 is 4.79 Å². The van der Waals surface area contributed by atoms with Gasteiger partial charge in [-0.3, -0.25) is 4.79 Å². The monoisotopic (exact) mass is 260 g/mol. The third kappa shape index (κ3) is 2.66. The van der Waals surface area contributed by atoms with Crippen LogP contribution in [0.5, 0.6) is 0 Å². The SMILES string of the molecule is Cc1ccccc1[C@@H](C)NC(=O)C1(C)CCCC1N. The van der Waals surface area contributed by atoms with E-state index in [1.165, 1.54) is 11.1 Å². The molecular weight excluding hydrogens is 236 g/mol. The molecule has 1 aromatic rings. The van der Waals surface area contributed by atoms with Crippen molar-refractivity contribution in [2.45, 2.75) is 52.1 Å². The summed E-state index contributed by atoms with van der Waals surface area (Å²) in [6.45, 7) is 6.09. The molecule has 1 fully saturated rings. The molecule has 19 heavy (non-hydrogen) atoms. The first-order valence-electron chi connectivity index (χ1n) is 7.07. The summed E-state index contributed by atoms with van der Waals surface area (Å²) < 4.78 is 0. The number of nitrogens with one attached hydrogen (secondary N) is 1. The fraction of sp³-hybridized carbons (Fsp3) is 0.562. The summed E-state index contributed by atoms with van der Waals surface area (Å²) in [5.74, 6) is 0.0910. The summed E-state index contributed by atoms with van der Waals surface area (Å²) >= 11 is 0. The van der Waals surface area contributed by atoms with E-state index in [9.17, 15) is 4.79 Å². The molecule has 1 amide bonds. The van der Waals surface area contributed by atoms with Crippen LogP contribution in [0.15, 0.2) is 24.3 Å². The Labute approximate surface area is 115 Å². The average molecular weight is 260 g/mol. The van der Waals surface area contributed by atoms with E-state index < -0.39 is 5.41 Å². The summed E-state index contributed by atoms with van der Waals surface area (Å²) in [6.07, 6.45) is 2.88. The Morgan fingerprint density at radius 2 is 2.16 bits per heavy atom. The molecule has 104 valence electrons. The minimum absolute atomic E-state index is 0.0171. The van der Waals surface area contributed by atoms with Crippen molar-refractivity contribution >= 4 is 5.91 Å². The molecule has 0 saturated heterocycles. The van der Waals surface area contributed by atoms with Gasteiger partial charge in [-0.05, 0) is 44.7 Å². The molecule has 0 bridgehead atoms. The second-order valence-electron chi connectivity index (χ2n) is 5.97. The number of hydrogen-bond acceptors (Lipinski definition) is 2. The molecule has 2 rings (SSSR count). The van der Waals surface area contributed by atoms with Gasteiger partial charge < -0.3 is 11.1 Å². The van der Waals surface area contributed by atoms with Crippen LogP contribution in [0, 0.1) is 12.3 Å². The fourth-order valence-corrected chi connectivity index (χ4v) is 2.99. The first kappa shape index (κ1) is 14.1. The minimum atomic E-state index is -0.406. The van der Waals surface area contributed by atoms with Gasteiger partial charge in [-0.15, -0.1) is 0 Å². The highest BCUT2D eigenvalue weighted by molar-refractivity contribution is 5.83. The van der Waals surface area contributed by atoms with E-state index in [0.717, 1.165) is 19.3 Å². The molecule has 2 unspecified atom stereocenters. The second kappa shape index (κ2) is 5.33. The highest BCUT2D eigenvalue weighted by Gasteiger charge is 2.43. The molecule has 3 nitrogen and oxygen atoms in total. The lowest BCUT2D eigenvalue weighted by Gasteiger charge is -2.29. The van der Waals surface area contributed by atoms with Crippen LogP contribution in [0.1, 0.15) is 50.3 Å². The van der Waals surface area contributed by atoms with Gasteiger partial charge in [0.25, 0.3) is 0 Å². The number of aryl methyl sites for hydroxylation is 1. The number of nitrogens with two attached hydrogens (primary N) is 1. The zero-order chi connectivity index (χ0) is 14.0. The maximum absolute atomic E-state index is 12.5. The fourth-order valence-electron chi connectivity index (χ4n) is 2.99. The molecule has 0 aromatic heterocycles. The van der Waals surface area contributed by atoms with Crippen LogP contribution in [0.3, 0.4) is 0 Å². The normalized spacial score (nSPS) is 28.1. The van der Waals surface area contributed by atoms with E-state index in [0.29, 0.717) is 0 Å². The highest BCUT2D eigenvalue weighted by atomic mass is 16.2. The van der Waals surface area contributed by atoms with Gasteiger partial charge in [-0.25, -0.2) is 0 Å². The summed E-state index contributed by atoms with van der Waals surface area (Å²) in [6, 6.07) is 8.17. The third-order valence-electron chi connectivity index (χ3n) is 4.55.